The maximum absolute atomic E-state index is 12.0. The lowest BCUT2D eigenvalue weighted by Gasteiger charge is -2.18. The van der Waals surface area contributed by atoms with Crippen LogP contribution in [0.15, 0.2) is 59.9 Å². The van der Waals surface area contributed by atoms with E-state index in [2.05, 4.69) is 57.1 Å². The number of nitrogens with one attached hydrogen (secondary N) is 3. The molecule has 0 spiro atoms. The molecule has 6 nitrogen and oxygen atoms in total. The molecule has 1 aromatic carbocycles. The monoisotopic (exact) mass is 367 g/mol. The summed E-state index contributed by atoms with van der Waals surface area (Å²) < 4.78 is 0. The lowest BCUT2D eigenvalue weighted by atomic mass is 10.1. The van der Waals surface area contributed by atoms with Crippen molar-refractivity contribution in [3.05, 3.63) is 66.0 Å². The summed E-state index contributed by atoms with van der Waals surface area (Å²) >= 11 is 0. The number of nitrogens with zero attached hydrogens (tertiary/aromatic N) is 2. The number of carbonyl (C=O) groups is 1. The molecule has 0 bridgehead atoms. The van der Waals surface area contributed by atoms with E-state index < -0.39 is 0 Å². The average Bonchev–Trinajstić information content (AvgIpc) is 2.71. The van der Waals surface area contributed by atoms with Gasteiger partial charge in [0.2, 0.25) is 0 Å². The van der Waals surface area contributed by atoms with Gasteiger partial charge in [-0.3, -0.25) is 14.8 Å². The van der Waals surface area contributed by atoms with E-state index in [1.807, 2.05) is 13.0 Å². The summed E-state index contributed by atoms with van der Waals surface area (Å²) in [6.07, 6.45) is 5.24. The number of hydrogen-bond donors (Lipinski definition) is 3. The number of aryl methyl sites for hydroxylation is 1. The molecule has 1 aromatic heterocycles. The third-order valence-corrected chi connectivity index (χ3v) is 4.03. The Hall–Kier alpha value is -2.89. The molecule has 1 amide bonds. The van der Waals surface area contributed by atoms with Crippen LogP contribution in [0.2, 0.25) is 0 Å². The number of hydrogen-bond acceptors (Lipinski definition) is 3. The van der Waals surface area contributed by atoms with E-state index >= 15 is 0 Å². The van der Waals surface area contributed by atoms with Crippen LogP contribution in [-0.4, -0.2) is 42.5 Å². The Morgan fingerprint density at radius 2 is 1.96 bits per heavy atom. The molecule has 3 N–H and O–H groups in total. The Kier molecular flexibility index (Phi) is 8.83. The molecule has 1 heterocycles. The van der Waals surface area contributed by atoms with Gasteiger partial charge in [-0.05, 0) is 44.4 Å². The first-order valence-corrected chi connectivity index (χ1v) is 9.46. The highest BCUT2D eigenvalue weighted by Gasteiger charge is 2.06. The van der Waals surface area contributed by atoms with Crippen molar-refractivity contribution >= 4 is 11.9 Å². The topological polar surface area (TPSA) is 78.4 Å². The number of aromatic nitrogens is 1. The van der Waals surface area contributed by atoms with Gasteiger partial charge in [0.1, 0.15) is 0 Å². The van der Waals surface area contributed by atoms with Crippen LogP contribution in [0, 0.1) is 0 Å². The van der Waals surface area contributed by atoms with E-state index in [1.54, 1.807) is 24.5 Å². The molecule has 1 atom stereocenters. The minimum Gasteiger partial charge on any atom is -0.357 e. The van der Waals surface area contributed by atoms with E-state index in [4.69, 9.17) is 0 Å². The Labute approximate surface area is 161 Å². The fraction of sp³-hybridized carbons (Fsp3) is 0.381. The molecule has 0 fully saturated rings. The van der Waals surface area contributed by atoms with Crippen molar-refractivity contribution in [1.29, 1.82) is 0 Å². The summed E-state index contributed by atoms with van der Waals surface area (Å²) in [4.78, 5) is 20.5. The molecule has 0 saturated carbocycles. The van der Waals surface area contributed by atoms with Crippen LogP contribution in [0.4, 0.5) is 0 Å². The summed E-state index contributed by atoms with van der Waals surface area (Å²) in [7, 11) is 0. The number of guanidine groups is 1. The molecule has 6 heteroatoms. The van der Waals surface area contributed by atoms with E-state index in [9.17, 15) is 4.79 Å². The van der Waals surface area contributed by atoms with E-state index in [1.165, 1.54) is 5.56 Å². The molecule has 0 radical (unpaired) electrons. The zero-order valence-electron chi connectivity index (χ0n) is 16.1. The van der Waals surface area contributed by atoms with Crippen molar-refractivity contribution in [1.82, 2.24) is 20.9 Å². The molecule has 0 aliphatic carbocycles. The van der Waals surface area contributed by atoms with Crippen molar-refractivity contribution in [2.75, 3.05) is 19.6 Å². The number of pyridine rings is 1. The maximum Gasteiger partial charge on any atom is 0.252 e. The molecule has 27 heavy (non-hydrogen) atoms. The number of aliphatic imine (C=N–C) groups is 1. The van der Waals surface area contributed by atoms with Crippen LogP contribution in [0.3, 0.4) is 0 Å². The predicted octanol–water partition coefficient (Wildman–Crippen LogP) is 2.39. The van der Waals surface area contributed by atoms with Crippen LogP contribution in [0.1, 0.15) is 36.2 Å². The normalized spacial score (nSPS) is 12.3. The first-order valence-electron chi connectivity index (χ1n) is 9.46. The van der Waals surface area contributed by atoms with Gasteiger partial charge >= 0.3 is 0 Å². The second-order valence-corrected chi connectivity index (χ2v) is 6.33. The largest absolute Gasteiger partial charge is 0.357 e. The fourth-order valence-electron chi connectivity index (χ4n) is 2.59. The first kappa shape index (κ1) is 20.4. The summed E-state index contributed by atoms with van der Waals surface area (Å²) in [5.41, 5.74) is 1.90. The number of rotatable bonds is 9. The van der Waals surface area contributed by atoms with Gasteiger partial charge in [0.25, 0.3) is 5.91 Å². The summed E-state index contributed by atoms with van der Waals surface area (Å²) in [5, 5.41) is 9.53. The Morgan fingerprint density at radius 1 is 1.15 bits per heavy atom. The van der Waals surface area contributed by atoms with Gasteiger partial charge in [0, 0.05) is 31.5 Å². The molecule has 2 aromatic rings. The van der Waals surface area contributed by atoms with Gasteiger partial charge in [-0.15, -0.1) is 0 Å². The van der Waals surface area contributed by atoms with Crippen LogP contribution in [-0.2, 0) is 6.42 Å². The highest BCUT2D eigenvalue weighted by Crippen LogP contribution is 2.04. The van der Waals surface area contributed by atoms with E-state index in [0.717, 1.165) is 25.3 Å². The molecule has 1 unspecified atom stereocenters. The highest BCUT2D eigenvalue weighted by molar-refractivity contribution is 5.93. The molecular weight excluding hydrogens is 338 g/mol. The SMILES string of the molecule is CCNC(=NCCNC(=O)c1cccnc1)NC(C)CCc1ccccc1. The average molecular weight is 367 g/mol. The van der Waals surface area contributed by atoms with E-state index in [-0.39, 0.29) is 5.91 Å². The minimum atomic E-state index is -0.132. The summed E-state index contributed by atoms with van der Waals surface area (Å²) in [6.45, 7) is 5.96. The molecule has 0 saturated heterocycles. The summed E-state index contributed by atoms with van der Waals surface area (Å²) in [5.74, 6) is 0.640. The molecule has 2 rings (SSSR count). The lowest BCUT2D eigenvalue weighted by molar-refractivity contribution is 0.0954. The number of carbonyl (C=O) groups excluding carboxylic acids is 1. The summed E-state index contributed by atoms with van der Waals surface area (Å²) in [6, 6.07) is 14.3. The van der Waals surface area contributed by atoms with Gasteiger partial charge in [-0.2, -0.15) is 0 Å². The van der Waals surface area contributed by atoms with Crippen molar-refractivity contribution in [2.24, 2.45) is 4.99 Å². The molecular formula is C21H29N5O. The standard InChI is InChI=1S/C21H29N5O/c1-3-23-21(26-17(2)11-12-18-8-5-4-6-9-18)25-15-14-24-20(27)19-10-7-13-22-16-19/h4-10,13,16-17H,3,11-12,14-15H2,1-2H3,(H,24,27)(H2,23,25,26). The Balaban J connectivity index is 1.75. The Bertz CT molecular complexity index is 703. The zero-order valence-corrected chi connectivity index (χ0v) is 16.1. The molecule has 0 aliphatic rings. The number of amides is 1. The van der Waals surface area contributed by atoms with Gasteiger partial charge in [-0.25, -0.2) is 0 Å². The van der Waals surface area contributed by atoms with Crippen molar-refractivity contribution in [3.8, 4) is 0 Å². The smallest absolute Gasteiger partial charge is 0.252 e. The quantitative estimate of drug-likeness (QED) is 0.361. The zero-order chi connectivity index (χ0) is 19.3. The van der Waals surface area contributed by atoms with E-state index in [0.29, 0.717) is 24.7 Å². The first-order chi connectivity index (χ1) is 13.2. The van der Waals surface area contributed by atoms with Gasteiger partial charge in [0.05, 0.1) is 12.1 Å². The predicted molar refractivity (Wildman–Crippen MR) is 110 cm³/mol. The lowest BCUT2D eigenvalue weighted by Crippen LogP contribution is -2.42. The second kappa shape index (κ2) is 11.7. The van der Waals surface area contributed by atoms with Crippen LogP contribution in [0.25, 0.3) is 0 Å². The third kappa shape index (κ3) is 7.90. The Morgan fingerprint density at radius 3 is 2.67 bits per heavy atom. The van der Waals surface area contributed by atoms with Gasteiger partial charge in [-0.1, -0.05) is 30.3 Å². The van der Waals surface area contributed by atoms with Crippen LogP contribution >= 0.6 is 0 Å². The molecule has 0 aliphatic heterocycles. The third-order valence-electron chi connectivity index (χ3n) is 4.03. The highest BCUT2D eigenvalue weighted by atomic mass is 16.1. The maximum atomic E-state index is 12.0. The van der Waals surface area contributed by atoms with Gasteiger partial charge < -0.3 is 16.0 Å². The number of benzene rings is 1. The second-order valence-electron chi connectivity index (χ2n) is 6.33. The van der Waals surface area contributed by atoms with Crippen molar-refractivity contribution < 1.29 is 4.79 Å². The van der Waals surface area contributed by atoms with Crippen LogP contribution in [0.5, 0.6) is 0 Å². The van der Waals surface area contributed by atoms with Gasteiger partial charge in [0.15, 0.2) is 5.96 Å². The fourth-order valence-corrected chi connectivity index (χ4v) is 2.59. The van der Waals surface area contributed by atoms with Crippen LogP contribution < -0.4 is 16.0 Å². The van der Waals surface area contributed by atoms with Crippen molar-refractivity contribution in [2.45, 2.75) is 32.7 Å². The minimum absolute atomic E-state index is 0.132. The van der Waals surface area contributed by atoms with Crippen molar-refractivity contribution in [3.63, 3.8) is 0 Å². The molecule has 144 valence electrons.